The maximum absolute atomic E-state index is 11.9. The van der Waals surface area contributed by atoms with E-state index in [0.717, 1.165) is 10.4 Å². The molecule has 0 saturated carbocycles. The Morgan fingerprint density at radius 3 is 2.79 bits per heavy atom. The van der Waals surface area contributed by atoms with Gasteiger partial charge in [0.2, 0.25) is 0 Å². The van der Waals surface area contributed by atoms with Crippen molar-refractivity contribution >= 4 is 44.4 Å². The highest BCUT2D eigenvalue weighted by Gasteiger charge is 2.19. The molecule has 1 nitrogen and oxygen atoms in total. The van der Waals surface area contributed by atoms with Crippen molar-refractivity contribution in [1.29, 1.82) is 0 Å². The third kappa shape index (κ3) is 1.97. The van der Waals surface area contributed by atoms with E-state index in [9.17, 15) is 4.79 Å². The molecule has 0 amide bonds. The van der Waals surface area contributed by atoms with Gasteiger partial charge in [-0.15, -0.1) is 11.3 Å². The van der Waals surface area contributed by atoms with Crippen molar-refractivity contribution in [2.75, 3.05) is 0 Å². The lowest BCUT2D eigenvalue weighted by atomic mass is 10.1. The first-order valence-corrected chi connectivity index (χ1v) is 6.77. The van der Waals surface area contributed by atoms with Gasteiger partial charge in [-0.3, -0.25) is 4.79 Å². The zero-order valence-corrected chi connectivity index (χ0v) is 10.4. The second-order valence-corrected chi connectivity index (χ2v) is 5.40. The van der Waals surface area contributed by atoms with E-state index in [1.54, 1.807) is 11.3 Å². The molecule has 2 rings (SSSR count). The normalized spacial score (nSPS) is 12.6. The highest BCUT2D eigenvalue weighted by atomic mass is 79.9. The van der Waals surface area contributed by atoms with Crippen molar-refractivity contribution in [2.24, 2.45) is 0 Å². The van der Waals surface area contributed by atoms with E-state index in [2.05, 4.69) is 15.9 Å². The molecule has 1 atom stereocenters. The summed E-state index contributed by atoms with van der Waals surface area (Å²) in [5.41, 5.74) is 1.04. The Hall–Kier alpha value is -0.450. The van der Waals surface area contributed by atoms with Crippen LogP contribution in [0.1, 0.15) is 20.1 Å². The second kappa shape index (κ2) is 4.38. The van der Waals surface area contributed by atoms with Crippen molar-refractivity contribution < 1.29 is 4.79 Å². The van der Waals surface area contributed by atoms with Gasteiger partial charge in [0.05, 0.1) is 4.88 Å². The number of carbonyl (C=O) groups excluding carboxylic acids is 1. The average Bonchev–Trinajstić information content (AvgIpc) is 2.87. The number of halogens is 1. The molecule has 2 aromatic rings. The van der Waals surface area contributed by atoms with E-state index in [0.29, 0.717) is 0 Å². The summed E-state index contributed by atoms with van der Waals surface area (Å²) < 4.78 is 0. The van der Waals surface area contributed by atoms with E-state index >= 15 is 0 Å². The fraction of sp³-hybridized carbons (Fsp3) is 0.100. The maximum atomic E-state index is 11.9. The Morgan fingerprint density at radius 1 is 1.36 bits per heavy atom. The predicted octanol–water partition coefficient (Wildman–Crippen LogP) is 4.13. The summed E-state index contributed by atoms with van der Waals surface area (Å²) in [6.45, 7) is 0. The monoisotopic (exact) mass is 286 g/mol. The van der Waals surface area contributed by atoms with Gasteiger partial charge in [0.1, 0.15) is 4.83 Å². The summed E-state index contributed by atoms with van der Waals surface area (Å²) >= 11 is 6.50. The molecule has 0 aliphatic rings. The number of carbonyl (C=O) groups is 1. The zero-order valence-electron chi connectivity index (χ0n) is 7.14. The third-order valence-corrected chi connectivity index (χ3v) is 4.36. The minimum absolute atomic E-state index is 0.137. The highest BCUT2D eigenvalue weighted by molar-refractivity contribution is 9.09. The molecule has 0 aromatic carbocycles. The largest absolute Gasteiger partial charge is 0.292 e. The van der Waals surface area contributed by atoms with Crippen LogP contribution in [0.25, 0.3) is 0 Å². The first kappa shape index (κ1) is 10.1. The molecule has 2 aromatic heterocycles. The lowest BCUT2D eigenvalue weighted by molar-refractivity contribution is 0.0995. The van der Waals surface area contributed by atoms with Crippen molar-refractivity contribution in [1.82, 2.24) is 0 Å². The minimum atomic E-state index is -0.201. The van der Waals surface area contributed by atoms with Crippen LogP contribution in [0, 0.1) is 0 Å². The summed E-state index contributed by atoms with van der Waals surface area (Å²) in [6, 6.07) is 5.72. The molecule has 0 spiro atoms. The highest BCUT2D eigenvalue weighted by Crippen LogP contribution is 2.29. The van der Waals surface area contributed by atoms with Crippen LogP contribution in [0.2, 0.25) is 0 Å². The molecule has 0 radical (unpaired) electrons. The van der Waals surface area contributed by atoms with Crippen LogP contribution in [-0.4, -0.2) is 5.78 Å². The molecule has 0 N–H and O–H groups in total. The number of hydrogen-bond donors (Lipinski definition) is 0. The Morgan fingerprint density at radius 2 is 2.21 bits per heavy atom. The Balaban J connectivity index is 2.21. The van der Waals surface area contributed by atoms with Gasteiger partial charge in [0, 0.05) is 0 Å². The van der Waals surface area contributed by atoms with Gasteiger partial charge < -0.3 is 0 Å². The van der Waals surface area contributed by atoms with Gasteiger partial charge in [0.25, 0.3) is 0 Å². The Bertz CT molecular complexity index is 405. The molecule has 0 bridgehead atoms. The first-order chi connectivity index (χ1) is 6.79. The van der Waals surface area contributed by atoms with E-state index in [1.165, 1.54) is 11.3 Å². The minimum Gasteiger partial charge on any atom is -0.292 e. The van der Waals surface area contributed by atoms with Crippen LogP contribution in [0.5, 0.6) is 0 Å². The topological polar surface area (TPSA) is 17.1 Å². The molecule has 0 saturated heterocycles. The zero-order chi connectivity index (χ0) is 9.97. The van der Waals surface area contributed by atoms with Crippen LogP contribution in [-0.2, 0) is 0 Å². The molecular formula is C10H7BrOS2. The average molecular weight is 287 g/mol. The van der Waals surface area contributed by atoms with Gasteiger partial charge in [-0.25, -0.2) is 0 Å². The molecule has 4 heteroatoms. The fourth-order valence-electron chi connectivity index (χ4n) is 1.11. The Kier molecular flexibility index (Phi) is 3.15. The summed E-state index contributed by atoms with van der Waals surface area (Å²) in [4.78, 5) is 12.5. The molecule has 1 unspecified atom stereocenters. The van der Waals surface area contributed by atoms with Crippen LogP contribution in [0.4, 0.5) is 0 Å². The van der Waals surface area contributed by atoms with Crippen molar-refractivity contribution in [2.45, 2.75) is 4.83 Å². The molecule has 0 aliphatic carbocycles. The Labute approximate surface area is 98.5 Å². The summed E-state index contributed by atoms with van der Waals surface area (Å²) in [5, 5.41) is 5.89. The standard InChI is InChI=1S/C10H7BrOS2/c11-9(7-3-5-13-6-7)10(12)8-2-1-4-14-8/h1-6,9H. The van der Waals surface area contributed by atoms with Crippen molar-refractivity contribution in [3.05, 3.63) is 44.8 Å². The van der Waals surface area contributed by atoms with Crippen LogP contribution >= 0.6 is 38.6 Å². The third-order valence-electron chi connectivity index (χ3n) is 1.83. The van der Waals surface area contributed by atoms with Crippen LogP contribution in [0.3, 0.4) is 0 Å². The van der Waals surface area contributed by atoms with Gasteiger partial charge in [-0.05, 0) is 33.8 Å². The van der Waals surface area contributed by atoms with Gasteiger partial charge >= 0.3 is 0 Å². The summed E-state index contributed by atoms with van der Waals surface area (Å²) in [5.74, 6) is 0.137. The summed E-state index contributed by atoms with van der Waals surface area (Å²) in [7, 11) is 0. The van der Waals surface area contributed by atoms with Crippen molar-refractivity contribution in [3.63, 3.8) is 0 Å². The van der Waals surface area contributed by atoms with Crippen molar-refractivity contribution in [3.8, 4) is 0 Å². The first-order valence-electron chi connectivity index (χ1n) is 4.03. The molecule has 0 fully saturated rings. The second-order valence-electron chi connectivity index (χ2n) is 2.76. The number of hydrogen-bond acceptors (Lipinski definition) is 3. The smallest absolute Gasteiger partial charge is 0.190 e. The van der Waals surface area contributed by atoms with E-state index < -0.39 is 0 Å². The molecule has 72 valence electrons. The van der Waals surface area contributed by atoms with Crippen LogP contribution < -0.4 is 0 Å². The van der Waals surface area contributed by atoms with Gasteiger partial charge in [-0.2, -0.15) is 11.3 Å². The number of thiophene rings is 2. The lowest BCUT2D eigenvalue weighted by Crippen LogP contribution is -2.03. The van der Waals surface area contributed by atoms with E-state index in [-0.39, 0.29) is 10.6 Å². The van der Waals surface area contributed by atoms with Gasteiger partial charge in [-0.1, -0.05) is 22.0 Å². The lowest BCUT2D eigenvalue weighted by Gasteiger charge is -2.04. The predicted molar refractivity (Wildman–Crippen MR) is 64.6 cm³/mol. The summed E-state index contributed by atoms with van der Waals surface area (Å²) in [6.07, 6.45) is 0. The van der Waals surface area contributed by atoms with Crippen LogP contribution in [0.15, 0.2) is 34.3 Å². The quantitative estimate of drug-likeness (QED) is 0.613. The fourth-order valence-corrected chi connectivity index (χ4v) is 3.35. The maximum Gasteiger partial charge on any atom is 0.190 e. The molecule has 2 heterocycles. The molecule has 14 heavy (non-hydrogen) atoms. The number of Topliss-reactive ketones (excluding diaryl/α,β-unsaturated/α-hetero) is 1. The number of alkyl halides is 1. The SMILES string of the molecule is O=C(c1cccs1)C(Br)c1ccsc1. The van der Waals surface area contributed by atoms with Gasteiger partial charge in [0.15, 0.2) is 5.78 Å². The molecular weight excluding hydrogens is 280 g/mol. The molecule has 0 aliphatic heterocycles. The number of ketones is 1. The van der Waals surface area contributed by atoms with E-state index in [4.69, 9.17) is 0 Å². The number of rotatable bonds is 3. The van der Waals surface area contributed by atoms with E-state index in [1.807, 2.05) is 34.3 Å².